The zero-order valence-corrected chi connectivity index (χ0v) is 9.88. The van der Waals surface area contributed by atoms with E-state index in [1.165, 1.54) is 37.0 Å². The van der Waals surface area contributed by atoms with E-state index in [9.17, 15) is 4.39 Å². The summed E-state index contributed by atoms with van der Waals surface area (Å²) in [4.78, 5) is 0. The molecule has 0 amide bonds. The molecular formula is C14H20FN. The summed E-state index contributed by atoms with van der Waals surface area (Å²) in [5.74, 6) is 0.837. The third kappa shape index (κ3) is 3.93. The maximum absolute atomic E-state index is 12.7. The molecule has 1 aromatic rings. The second-order valence-electron chi connectivity index (χ2n) is 4.92. The summed E-state index contributed by atoms with van der Waals surface area (Å²) in [5, 5.41) is 3.52. The molecule has 88 valence electrons. The minimum absolute atomic E-state index is 0.155. The summed E-state index contributed by atoms with van der Waals surface area (Å²) in [6.45, 7) is 3.31. The van der Waals surface area contributed by atoms with Crippen LogP contribution in [-0.4, -0.2) is 12.6 Å². The van der Waals surface area contributed by atoms with Gasteiger partial charge in [-0.05, 0) is 49.9 Å². The normalized spacial score (nSPS) is 17.4. The highest BCUT2D eigenvalue weighted by Crippen LogP contribution is 2.31. The minimum atomic E-state index is -0.155. The molecule has 1 aromatic carbocycles. The molecule has 1 aliphatic carbocycles. The lowest BCUT2D eigenvalue weighted by molar-refractivity contribution is 0.519. The lowest BCUT2D eigenvalue weighted by Gasteiger charge is -2.13. The van der Waals surface area contributed by atoms with Crippen LogP contribution in [0.25, 0.3) is 0 Å². The molecule has 0 aromatic heterocycles. The lowest BCUT2D eigenvalue weighted by Crippen LogP contribution is -2.29. The van der Waals surface area contributed by atoms with E-state index in [0.29, 0.717) is 6.04 Å². The molecule has 0 heterocycles. The molecule has 2 rings (SSSR count). The maximum Gasteiger partial charge on any atom is 0.123 e. The fourth-order valence-electron chi connectivity index (χ4n) is 1.99. The summed E-state index contributed by atoms with van der Waals surface area (Å²) in [6.07, 6.45) is 5.14. The number of rotatable bonds is 6. The summed E-state index contributed by atoms with van der Waals surface area (Å²) in [6, 6.07) is 7.28. The van der Waals surface area contributed by atoms with Crippen molar-refractivity contribution in [3.05, 3.63) is 35.6 Å². The molecule has 1 atom stereocenters. The molecule has 0 spiro atoms. The quantitative estimate of drug-likeness (QED) is 0.778. The Kier molecular flexibility index (Phi) is 3.94. The standard InChI is InChI=1S/C14H20FN/c1-11(16-9-8-12-2-3-12)10-13-4-6-14(15)7-5-13/h4-7,11-12,16H,2-3,8-10H2,1H3. The third-order valence-corrected chi connectivity index (χ3v) is 3.20. The van der Waals surface area contributed by atoms with E-state index < -0.39 is 0 Å². The summed E-state index contributed by atoms with van der Waals surface area (Å²) in [5.41, 5.74) is 1.20. The summed E-state index contributed by atoms with van der Waals surface area (Å²) in [7, 11) is 0. The second kappa shape index (κ2) is 5.44. The van der Waals surface area contributed by atoms with Gasteiger partial charge in [0.2, 0.25) is 0 Å². The van der Waals surface area contributed by atoms with Crippen LogP contribution < -0.4 is 5.32 Å². The fraction of sp³-hybridized carbons (Fsp3) is 0.571. The Morgan fingerprint density at radius 2 is 2.00 bits per heavy atom. The van der Waals surface area contributed by atoms with Gasteiger partial charge in [0.05, 0.1) is 0 Å². The Balaban J connectivity index is 1.68. The number of hydrogen-bond donors (Lipinski definition) is 1. The Morgan fingerprint density at radius 3 is 2.62 bits per heavy atom. The SMILES string of the molecule is CC(Cc1ccc(F)cc1)NCCC1CC1. The Morgan fingerprint density at radius 1 is 1.31 bits per heavy atom. The van der Waals surface area contributed by atoms with Gasteiger partial charge in [-0.25, -0.2) is 4.39 Å². The van der Waals surface area contributed by atoms with Gasteiger partial charge in [-0.15, -0.1) is 0 Å². The monoisotopic (exact) mass is 221 g/mol. The predicted octanol–water partition coefficient (Wildman–Crippen LogP) is 3.15. The van der Waals surface area contributed by atoms with E-state index in [1.807, 2.05) is 12.1 Å². The van der Waals surface area contributed by atoms with Crippen LogP contribution in [0, 0.1) is 11.7 Å². The minimum Gasteiger partial charge on any atom is -0.314 e. The molecule has 0 radical (unpaired) electrons. The van der Waals surface area contributed by atoms with Crippen LogP contribution in [0.2, 0.25) is 0 Å². The molecular weight excluding hydrogens is 201 g/mol. The van der Waals surface area contributed by atoms with Gasteiger partial charge in [-0.3, -0.25) is 0 Å². The lowest BCUT2D eigenvalue weighted by atomic mass is 10.1. The maximum atomic E-state index is 12.7. The zero-order chi connectivity index (χ0) is 11.4. The van der Waals surface area contributed by atoms with Crippen LogP contribution in [0.4, 0.5) is 4.39 Å². The molecule has 2 heteroatoms. The zero-order valence-electron chi connectivity index (χ0n) is 9.88. The van der Waals surface area contributed by atoms with Crippen molar-refractivity contribution < 1.29 is 4.39 Å². The average molecular weight is 221 g/mol. The van der Waals surface area contributed by atoms with Gasteiger partial charge in [-0.1, -0.05) is 25.0 Å². The van der Waals surface area contributed by atoms with E-state index in [0.717, 1.165) is 18.9 Å². The smallest absolute Gasteiger partial charge is 0.123 e. The van der Waals surface area contributed by atoms with E-state index in [2.05, 4.69) is 12.2 Å². The van der Waals surface area contributed by atoms with Crippen LogP contribution in [-0.2, 0) is 6.42 Å². The van der Waals surface area contributed by atoms with Crippen molar-refractivity contribution >= 4 is 0 Å². The van der Waals surface area contributed by atoms with Gasteiger partial charge in [-0.2, -0.15) is 0 Å². The highest BCUT2D eigenvalue weighted by atomic mass is 19.1. The van der Waals surface area contributed by atoms with Crippen molar-refractivity contribution in [1.29, 1.82) is 0 Å². The number of nitrogens with one attached hydrogen (secondary N) is 1. The molecule has 1 nitrogen and oxygen atoms in total. The van der Waals surface area contributed by atoms with Crippen molar-refractivity contribution in [2.24, 2.45) is 5.92 Å². The predicted molar refractivity (Wildman–Crippen MR) is 64.9 cm³/mol. The van der Waals surface area contributed by atoms with Crippen LogP contribution in [0.15, 0.2) is 24.3 Å². The Bertz CT molecular complexity index is 316. The van der Waals surface area contributed by atoms with Gasteiger partial charge in [0, 0.05) is 6.04 Å². The van der Waals surface area contributed by atoms with Crippen LogP contribution in [0.3, 0.4) is 0 Å². The van der Waals surface area contributed by atoms with Gasteiger partial charge >= 0.3 is 0 Å². The van der Waals surface area contributed by atoms with Crippen LogP contribution >= 0.6 is 0 Å². The summed E-state index contributed by atoms with van der Waals surface area (Å²) < 4.78 is 12.7. The molecule has 0 aliphatic heterocycles. The van der Waals surface area contributed by atoms with E-state index >= 15 is 0 Å². The molecule has 1 unspecified atom stereocenters. The van der Waals surface area contributed by atoms with E-state index in [-0.39, 0.29) is 5.82 Å². The molecule has 16 heavy (non-hydrogen) atoms. The van der Waals surface area contributed by atoms with Gasteiger partial charge in [0.15, 0.2) is 0 Å². The first-order valence-electron chi connectivity index (χ1n) is 6.22. The van der Waals surface area contributed by atoms with Gasteiger partial charge in [0.25, 0.3) is 0 Å². The van der Waals surface area contributed by atoms with Crippen molar-refractivity contribution in [2.45, 2.75) is 38.6 Å². The largest absolute Gasteiger partial charge is 0.314 e. The first kappa shape index (κ1) is 11.6. The van der Waals surface area contributed by atoms with E-state index in [1.54, 1.807) is 0 Å². The Hall–Kier alpha value is -0.890. The van der Waals surface area contributed by atoms with Crippen molar-refractivity contribution in [3.8, 4) is 0 Å². The first-order chi connectivity index (χ1) is 7.74. The number of hydrogen-bond acceptors (Lipinski definition) is 1. The van der Waals surface area contributed by atoms with Crippen molar-refractivity contribution in [1.82, 2.24) is 5.32 Å². The topological polar surface area (TPSA) is 12.0 Å². The fourth-order valence-corrected chi connectivity index (χ4v) is 1.99. The highest BCUT2D eigenvalue weighted by Gasteiger charge is 2.20. The number of benzene rings is 1. The van der Waals surface area contributed by atoms with Gasteiger partial charge in [0.1, 0.15) is 5.82 Å². The molecule has 1 aliphatic rings. The molecule has 1 N–H and O–H groups in total. The van der Waals surface area contributed by atoms with Crippen LogP contribution in [0.5, 0.6) is 0 Å². The average Bonchev–Trinajstić information content (AvgIpc) is 3.05. The molecule has 0 bridgehead atoms. The van der Waals surface area contributed by atoms with E-state index in [4.69, 9.17) is 0 Å². The van der Waals surface area contributed by atoms with Crippen molar-refractivity contribution in [3.63, 3.8) is 0 Å². The Labute approximate surface area is 97.1 Å². The number of halogens is 1. The van der Waals surface area contributed by atoms with Gasteiger partial charge < -0.3 is 5.32 Å². The molecule has 1 fully saturated rings. The molecule has 1 saturated carbocycles. The summed E-state index contributed by atoms with van der Waals surface area (Å²) >= 11 is 0. The third-order valence-electron chi connectivity index (χ3n) is 3.20. The first-order valence-corrected chi connectivity index (χ1v) is 6.22. The van der Waals surface area contributed by atoms with Crippen LogP contribution in [0.1, 0.15) is 31.7 Å². The second-order valence-corrected chi connectivity index (χ2v) is 4.92. The van der Waals surface area contributed by atoms with Crippen molar-refractivity contribution in [2.75, 3.05) is 6.54 Å². The highest BCUT2D eigenvalue weighted by molar-refractivity contribution is 5.16. The molecule has 0 saturated heterocycles.